The van der Waals surface area contributed by atoms with Crippen molar-refractivity contribution in [2.24, 2.45) is 0 Å². The van der Waals surface area contributed by atoms with Gasteiger partial charge in [0.05, 0.1) is 5.69 Å². The molecule has 2 heterocycles. The second-order valence-electron chi connectivity index (χ2n) is 8.19. The van der Waals surface area contributed by atoms with E-state index in [-0.39, 0.29) is 35.8 Å². The van der Waals surface area contributed by atoms with E-state index in [4.69, 9.17) is 4.52 Å². The molecular weight excluding hydrogens is 394 g/mol. The second-order valence-corrected chi connectivity index (χ2v) is 8.19. The first-order valence-corrected chi connectivity index (χ1v) is 10.8. The highest BCUT2D eigenvalue weighted by molar-refractivity contribution is 5.89. The molecule has 0 spiro atoms. The van der Waals surface area contributed by atoms with E-state index < -0.39 is 0 Å². The van der Waals surface area contributed by atoms with Crippen LogP contribution in [0.5, 0.6) is 0 Å². The molecule has 0 aliphatic heterocycles. The Morgan fingerprint density at radius 3 is 2.61 bits per heavy atom. The van der Waals surface area contributed by atoms with Gasteiger partial charge in [0.1, 0.15) is 6.54 Å². The Kier molecular flexibility index (Phi) is 6.25. The summed E-state index contributed by atoms with van der Waals surface area (Å²) in [5, 5.41) is 11.3. The molecule has 1 N–H and O–H groups in total. The molecular formula is C23H27N5O3. The van der Waals surface area contributed by atoms with Crippen molar-refractivity contribution in [3.63, 3.8) is 0 Å². The average Bonchev–Trinajstić information content (AvgIpc) is 3.08. The third-order valence-electron chi connectivity index (χ3n) is 5.81. The quantitative estimate of drug-likeness (QED) is 0.633. The summed E-state index contributed by atoms with van der Waals surface area (Å²) in [6, 6.07) is 9.35. The van der Waals surface area contributed by atoms with Crippen molar-refractivity contribution in [3.8, 4) is 11.3 Å². The predicted molar refractivity (Wildman–Crippen MR) is 116 cm³/mol. The smallest absolute Gasteiger partial charge is 0.316 e. The van der Waals surface area contributed by atoms with Gasteiger partial charge in [-0.1, -0.05) is 43.0 Å². The Hall–Kier alpha value is -3.29. The molecule has 8 nitrogen and oxygen atoms in total. The lowest BCUT2D eigenvalue weighted by Crippen LogP contribution is -2.34. The van der Waals surface area contributed by atoms with Crippen LogP contribution in [0.4, 0.5) is 0 Å². The summed E-state index contributed by atoms with van der Waals surface area (Å²) < 4.78 is 6.42. The molecule has 0 bridgehead atoms. The fourth-order valence-electron chi connectivity index (χ4n) is 3.83. The maximum absolute atomic E-state index is 12.5. The van der Waals surface area contributed by atoms with Crippen LogP contribution in [-0.4, -0.2) is 31.9 Å². The zero-order valence-corrected chi connectivity index (χ0v) is 17.9. The van der Waals surface area contributed by atoms with Crippen molar-refractivity contribution in [2.75, 3.05) is 0 Å². The van der Waals surface area contributed by atoms with Crippen molar-refractivity contribution in [1.29, 1.82) is 0 Å². The van der Waals surface area contributed by atoms with Crippen LogP contribution in [-0.2, 0) is 6.54 Å². The van der Waals surface area contributed by atoms with Gasteiger partial charge < -0.3 is 9.84 Å². The molecule has 4 rings (SSSR count). The molecule has 31 heavy (non-hydrogen) atoms. The number of hydrogen-bond acceptors (Lipinski definition) is 6. The number of carbonyl (C=O) groups excluding carboxylic acids is 1. The number of rotatable bonds is 5. The monoisotopic (exact) mass is 421 g/mol. The van der Waals surface area contributed by atoms with E-state index >= 15 is 0 Å². The Labute approximate surface area is 180 Å². The molecule has 0 unspecified atom stereocenters. The van der Waals surface area contributed by atoms with Gasteiger partial charge in [0.15, 0.2) is 5.82 Å². The highest BCUT2D eigenvalue weighted by Gasteiger charge is 2.20. The van der Waals surface area contributed by atoms with Crippen molar-refractivity contribution in [3.05, 3.63) is 63.5 Å². The highest BCUT2D eigenvalue weighted by Crippen LogP contribution is 2.20. The normalized spacial score (nSPS) is 14.9. The SMILES string of the molecule is Cc1ccc(-c2ccc(=O)n(Cc3noc(C(=O)NC4CCCCCC4)n3)n2)cc1C. The van der Waals surface area contributed by atoms with Gasteiger partial charge in [0.25, 0.3) is 5.56 Å². The number of amides is 1. The molecule has 1 saturated carbocycles. The lowest BCUT2D eigenvalue weighted by molar-refractivity contribution is 0.0889. The van der Waals surface area contributed by atoms with E-state index in [0.717, 1.165) is 36.8 Å². The minimum atomic E-state index is -0.366. The number of aromatic nitrogens is 4. The lowest BCUT2D eigenvalue weighted by Gasteiger charge is -2.14. The Balaban J connectivity index is 1.48. The van der Waals surface area contributed by atoms with Crippen LogP contribution in [0.2, 0.25) is 0 Å². The van der Waals surface area contributed by atoms with Gasteiger partial charge >= 0.3 is 11.8 Å². The number of hydrogen-bond donors (Lipinski definition) is 1. The average molecular weight is 422 g/mol. The molecule has 8 heteroatoms. The Morgan fingerprint density at radius 1 is 1.10 bits per heavy atom. The second kappa shape index (κ2) is 9.24. The first kappa shape index (κ1) is 21.0. The van der Waals surface area contributed by atoms with Crippen LogP contribution in [0.15, 0.2) is 39.6 Å². The molecule has 3 aromatic rings. The van der Waals surface area contributed by atoms with Crippen LogP contribution in [0.1, 0.15) is 66.2 Å². The zero-order chi connectivity index (χ0) is 21.8. The van der Waals surface area contributed by atoms with Gasteiger partial charge in [-0.25, -0.2) is 4.68 Å². The Bertz CT molecular complexity index is 1130. The zero-order valence-electron chi connectivity index (χ0n) is 17.9. The van der Waals surface area contributed by atoms with Crippen molar-refractivity contribution in [1.82, 2.24) is 25.2 Å². The first-order chi connectivity index (χ1) is 15.0. The van der Waals surface area contributed by atoms with Crippen molar-refractivity contribution in [2.45, 2.75) is 65.0 Å². The third-order valence-corrected chi connectivity index (χ3v) is 5.81. The maximum Gasteiger partial charge on any atom is 0.316 e. The number of aryl methyl sites for hydroxylation is 2. The van der Waals surface area contributed by atoms with Crippen LogP contribution in [0.3, 0.4) is 0 Å². The van der Waals surface area contributed by atoms with E-state index in [0.29, 0.717) is 5.69 Å². The minimum Gasteiger partial charge on any atom is -0.345 e. The van der Waals surface area contributed by atoms with Gasteiger partial charge in [-0.3, -0.25) is 9.59 Å². The van der Waals surface area contributed by atoms with Gasteiger partial charge in [-0.2, -0.15) is 10.1 Å². The molecule has 1 fully saturated rings. The van der Waals surface area contributed by atoms with Gasteiger partial charge in [-0.05, 0) is 49.9 Å². The van der Waals surface area contributed by atoms with Gasteiger partial charge in [-0.15, -0.1) is 0 Å². The molecule has 162 valence electrons. The van der Waals surface area contributed by atoms with Crippen molar-refractivity contribution < 1.29 is 9.32 Å². The topological polar surface area (TPSA) is 103 Å². The molecule has 1 aliphatic rings. The molecule has 1 aromatic carbocycles. The number of nitrogens with zero attached hydrogens (tertiary/aromatic N) is 4. The summed E-state index contributed by atoms with van der Waals surface area (Å²) in [7, 11) is 0. The van der Waals surface area contributed by atoms with Crippen LogP contribution >= 0.6 is 0 Å². The molecule has 2 aromatic heterocycles. The van der Waals surface area contributed by atoms with E-state index in [1.165, 1.54) is 29.2 Å². The summed E-state index contributed by atoms with van der Waals surface area (Å²) in [4.78, 5) is 28.9. The summed E-state index contributed by atoms with van der Waals surface area (Å²) in [6.45, 7) is 4.11. The standard InChI is InChI=1S/C23H27N5O3/c1-15-9-10-17(13-16(15)2)19-11-12-21(29)28(26-19)14-20-25-23(31-27-20)22(30)24-18-7-5-3-4-6-8-18/h9-13,18H,3-8,14H2,1-2H3,(H,24,30). The third kappa shape index (κ3) is 5.07. The number of benzene rings is 1. The van der Waals surface area contributed by atoms with E-state index in [1.54, 1.807) is 6.07 Å². The molecule has 1 amide bonds. The predicted octanol–water partition coefficient (Wildman–Crippen LogP) is 3.41. The molecule has 0 saturated heterocycles. The largest absolute Gasteiger partial charge is 0.345 e. The first-order valence-electron chi connectivity index (χ1n) is 10.8. The molecule has 0 atom stereocenters. The lowest BCUT2D eigenvalue weighted by atomic mass is 10.0. The van der Waals surface area contributed by atoms with Crippen LogP contribution in [0, 0.1) is 13.8 Å². The summed E-state index contributed by atoms with van der Waals surface area (Å²) in [5.41, 5.74) is 3.67. The molecule has 0 radical (unpaired) electrons. The maximum atomic E-state index is 12.5. The van der Waals surface area contributed by atoms with Crippen molar-refractivity contribution >= 4 is 5.91 Å². The number of carbonyl (C=O) groups is 1. The highest BCUT2D eigenvalue weighted by atomic mass is 16.5. The van der Waals surface area contributed by atoms with Crippen LogP contribution in [0.25, 0.3) is 11.3 Å². The summed E-state index contributed by atoms with van der Waals surface area (Å²) >= 11 is 0. The fourth-order valence-corrected chi connectivity index (χ4v) is 3.83. The van der Waals surface area contributed by atoms with Gasteiger partial charge in [0.2, 0.25) is 0 Å². The fraction of sp³-hybridized carbons (Fsp3) is 0.435. The van der Waals surface area contributed by atoms with E-state index in [2.05, 4.69) is 20.6 Å². The minimum absolute atomic E-state index is 0.0255. The Morgan fingerprint density at radius 2 is 1.87 bits per heavy atom. The summed E-state index contributed by atoms with van der Waals surface area (Å²) in [5.74, 6) is -0.217. The molecule has 1 aliphatic carbocycles. The van der Waals surface area contributed by atoms with E-state index in [9.17, 15) is 9.59 Å². The van der Waals surface area contributed by atoms with Gasteiger partial charge in [0, 0.05) is 17.7 Å². The van der Waals surface area contributed by atoms with E-state index in [1.807, 2.05) is 32.0 Å². The number of nitrogens with one attached hydrogen (secondary N) is 1. The van der Waals surface area contributed by atoms with Crippen LogP contribution < -0.4 is 10.9 Å². The summed E-state index contributed by atoms with van der Waals surface area (Å²) in [6.07, 6.45) is 6.59.